The summed E-state index contributed by atoms with van der Waals surface area (Å²) in [4.78, 5) is 2.18. The van der Waals surface area contributed by atoms with E-state index in [1.807, 2.05) is 38.9 Å². The molecule has 0 heterocycles. The highest BCUT2D eigenvalue weighted by atomic mass is 32.2. The summed E-state index contributed by atoms with van der Waals surface area (Å²) in [7, 11) is 0.297. The Bertz CT molecular complexity index is 584. The Balaban J connectivity index is 2.82. The smallest absolute Gasteiger partial charge is 0.240 e. The molecule has 6 heteroatoms. The van der Waals surface area contributed by atoms with Gasteiger partial charge in [0.15, 0.2) is 0 Å². The second-order valence-corrected chi connectivity index (χ2v) is 7.28. The number of sulfonamides is 1. The molecule has 0 aliphatic carbocycles. The van der Waals surface area contributed by atoms with E-state index in [0.29, 0.717) is 6.54 Å². The molecule has 1 rings (SSSR count). The number of hydrogen-bond acceptors (Lipinski definition) is 4. The van der Waals surface area contributed by atoms with Gasteiger partial charge in [-0.05, 0) is 45.6 Å². The quantitative estimate of drug-likeness (QED) is 0.860. The minimum atomic E-state index is -3.52. The molecule has 0 spiro atoms. The Morgan fingerprint density at radius 2 is 1.80 bits per heavy atom. The molecule has 0 atom stereocenters. The van der Waals surface area contributed by atoms with Crippen LogP contribution in [0.3, 0.4) is 0 Å². The van der Waals surface area contributed by atoms with Crippen LogP contribution in [0.4, 0.5) is 0 Å². The van der Waals surface area contributed by atoms with E-state index >= 15 is 0 Å². The summed E-state index contributed by atoms with van der Waals surface area (Å²) in [6.07, 6.45) is 0.279. The van der Waals surface area contributed by atoms with Crippen molar-refractivity contribution in [1.82, 2.24) is 9.62 Å². The molecule has 0 radical (unpaired) electrons. The van der Waals surface area contributed by atoms with Crippen LogP contribution < -0.4 is 4.72 Å². The molecule has 0 aliphatic rings. The molecule has 1 aromatic carbocycles. The van der Waals surface area contributed by atoms with Crippen molar-refractivity contribution in [1.29, 1.82) is 5.26 Å². The first-order valence-corrected chi connectivity index (χ1v) is 7.80. The molecule has 110 valence electrons. The Morgan fingerprint density at radius 3 is 2.25 bits per heavy atom. The fraction of sp³-hybridized carbons (Fsp3) is 0.500. The zero-order valence-electron chi connectivity index (χ0n) is 12.3. The van der Waals surface area contributed by atoms with E-state index in [0.717, 1.165) is 5.56 Å². The summed E-state index contributed by atoms with van der Waals surface area (Å²) in [5.41, 5.74) is 0.536. The second kappa shape index (κ2) is 6.35. The predicted molar refractivity (Wildman–Crippen MR) is 78.7 cm³/mol. The summed E-state index contributed by atoms with van der Waals surface area (Å²) in [6.45, 7) is 4.25. The van der Waals surface area contributed by atoms with E-state index in [1.165, 1.54) is 12.1 Å². The van der Waals surface area contributed by atoms with Gasteiger partial charge in [0.1, 0.15) is 0 Å². The number of rotatable bonds is 6. The predicted octanol–water partition coefficient (Wildman–Crippen LogP) is 1.37. The number of nitrogens with one attached hydrogen (secondary N) is 1. The van der Waals surface area contributed by atoms with Gasteiger partial charge >= 0.3 is 0 Å². The first-order chi connectivity index (χ1) is 9.19. The third-order valence-corrected chi connectivity index (χ3v) is 4.84. The molecular formula is C14H21N3O2S. The highest BCUT2D eigenvalue weighted by Gasteiger charge is 2.24. The molecule has 1 N–H and O–H groups in total. The maximum Gasteiger partial charge on any atom is 0.240 e. The van der Waals surface area contributed by atoms with Gasteiger partial charge in [0.05, 0.1) is 17.4 Å². The monoisotopic (exact) mass is 295 g/mol. The summed E-state index contributed by atoms with van der Waals surface area (Å²) in [5.74, 6) is 0. The average molecular weight is 295 g/mol. The lowest BCUT2D eigenvalue weighted by Crippen LogP contribution is -2.48. The average Bonchev–Trinajstić information content (AvgIpc) is 2.38. The van der Waals surface area contributed by atoms with E-state index in [-0.39, 0.29) is 16.9 Å². The van der Waals surface area contributed by atoms with E-state index in [4.69, 9.17) is 5.26 Å². The SMILES string of the molecule is CN(C)C(C)(C)CNS(=O)(=O)c1ccc(CC#N)cc1. The van der Waals surface area contributed by atoms with Gasteiger partial charge in [-0.2, -0.15) is 5.26 Å². The van der Waals surface area contributed by atoms with Gasteiger partial charge in [0, 0.05) is 12.1 Å². The lowest BCUT2D eigenvalue weighted by molar-refractivity contribution is 0.199. The Morgan fingerprint density at radius 1 is 1.25 bits per heavy atom. The van der Waals surface area contributed by atoms with Crippen LogP contribution in [0.15, 0.2) is 29.2 Å². The normalized spacial score (nSPS) is 12.4. The van der Waals surface area contributed by atoms with E-state index in [1.54, 1.807) is 12.1 Å². The molecule has 20 heavy (non-hydrogen) atoms. The minimum absolute atomic E-state index is 0.216. The van der Waals surface area contributed by atoms with Crippen molar-refractivity contribution in [3.8, 4) is 6.07 Å². The Labute approximate surface area is 121 Å². The summed E-state index contributed by atoms with van der Waals surface area (Å²) < 4.78 is 27.0. The highest BCUT2D eigenvalue weighted by molar-refractivity contribution is 7.89. The number of likely N-dealkylation sites (N-methyl/N-ethyl adjacent to an activating group) is 1. The van der Waals surface area contributed by atoms with Gasteiger partial charge in [0.2, 0.25) is 10.0 Å². The van der Waals surface area contributed by atoms with Crippen molar-refractivity contribution in [3.05, 3.63) is 29.8 Å². The first kappa shape index (κ1) is 16.6. The van der Waals surface area contributed by atoms with Crippen molar-refractivity contribution in [3.63, 3.8) is 0 Å². The molecule has 0 bridgehead atoms. The van der Waals surface area contributed by atoms with Gasteiger partial charge in [0.25, 0.3) is 0 Å². The third kappa shape index (κ3) is 4.30. The molecule has 5 nitrogen and oxygen atoms in total. The van der Waals surface area contributed by atoms with Crippen molar-refractivity contribution in [2.24, 2.45) is 0 Å². The summed E-state index contributed by atoms with van der Waals surface area (Å²) >= 11 is 0. The molecule has 0 amide bonds. The number of nitrogens with zero attached hydrogens (tertiary/aromatic N) is 2. The van der Waals surface area contributed by atoms with E-state index in [9.17, 15) is 8.42 Å². The zero-order valence-corrected chi connectivity index (χ0v) is 13.2. The van der Waals surface area contributed by atoms with E-state index in [2.05, 4.69) is 4.72 Å². The molecule has 0 aliphatic heterocycles. The van der Waals surface area contributed by atoms with Gasteiger partial charge in [-0.1, -0.05) is 12.1 Å². The van der Waals surface area contributed by atoms with Crippen LogP contribution in [0.2, 0.25) is 0 Å². The fourth-order valence-electron chi connectivity index (χ4n) is 1.39. The second-order valence-electron chi connectivity index (χ2n) is 5.51. The van der Waals surface area contributed by atoms with Crippen LogP contribution in [0.1, 0.15) is 19.4 Å². The molecule has 0 saturated heterocycles. The van der Waals surface area contributed by atoms with E-state index < -0.39 is 10.0 Å². The van der Waals surface area contributed by atoms with Gasteiger partial charge in [-0.3, -0.25) is 0 Å². The Hall–Kier alpha value is -1.42. The molecule has 0 aromatic heterocycles. The van der Waals surface area contributed by atoms with Crippen molar-refractivity contribution in [2.75, 3.05) is 20.6 Å². The number of benzene rings is 1. The largest absolute Gasteiger partial charge is 0.303 e. The highest BCUT2D eigenvalue weighted by Crippen LogP contribution is 2.13. The van der Waals surface area contributed by atoms with Crippen LogP contribution in [0.5, 0.6) is 0 Å². The lowest BCUT2D eigenvalue weighted by Gasteiger charge is -2.32. The molecule has 0 fully saturated rings. The maximum absolute atomic E-state index is 12.2. The maximum atomic E-state index is 12.2. The molecule has 0 saturated carbocycles. The van der Waals surface area contributed by atoms with Crippen LogP contribution in [0, 0.1) is 11.3 Å². The van der Waals surface area contributed by atoms with Crippen LogP contribution in [0.25, 0.3) is 0 Å². The third-order valence-electron chi connectivity index (χ3n) is 3.42. The lowest BCUT2D eigenvalue weighted by atomic mass is 10.1. The van der Waals surface area contributed by atoms with Crippen LogP contribution in [-0.2, 0) is 16.4 Å². The topological polar surface area (TPSA) is 73.2 Å². The first-order valence-electron chi connectivity index (χ1n) is 6.32. The molecular weight excluding hydrogens is 274 g/mol. The zero-order chi connectivity index (χ0) is 15.4. The van der Waals surface area contributed by atoms with Crippen molar-refractivity contribution < 1.29 is 8.42 Å². The van der Waals surface area contributed by atoms with Crippen LogP contribution in [-0.4, -0.2) is 39.5 Å². The van der Waals surface area contributed by atoms with Gasteiger partial charge in [-0.25, -0.2) is 13.1 Å². The number of nitriles is 1. The standard InChI is InChI=1S/C14H21N3O2S/c1-14(2,17(3)4)11-16-20(18,19)13-7-5-12(6-8-13)9-10-15/h5-8,16H,9,11H2,1-4H3. The van der Waals surface area contributed by atoms with Crippen LogP contribution >= 0.6 is 0 Å². The Kier molecular flexibility index (Phi) is 5.28. The molecule has 1 aromatic rings. The van der Waals surface area contributed by atoms with Crippen molar-refractivity contribution >= 4 is 10.0 Å². The number of hydrogen-bond donors (Lipinski definition) is 1. The fourth-order valence-corrected chi connectivity index (χ4v) is 2.60. The minimum Gasteiger partial charge on any atom is -0.303 e. The van der Waals surface area contributed by atoms with Gasteiger partial charge in [-0.15, -0.1) is 0 Å². The summed E-state index contributed by atoms with van der Waals surface area (Å²) in [5, 5.41) is 8.59. The molecule has 0 unspecified atom stereocenters. The summed E-state index contributed by atoms with van der Waals surface area (Å²) in [6, 6.07) is 8.40. The van der Waals surface area contributed by atoms with Gasteiger partial charge < -0.3 is 4.90 Å². The van der Waals surface area contributed by atoms with Crippen molar-refractivity contribution in [2.45, 2.75) is 30.7 Å².